The predicted octanol–water partition coefficient (Wildman–Crippen LogP) is 1.96. The molecule has 4 amide bonds. The molecule has 12 nitrogen and oxygen atoms in total. The first-order valence-electron chi connectivity index (χ1n) is 17.1. The largest absolute Gasteiger partial charge is 0.492 e. The lowest BCUT2D eigenvalue weighted by molar-refractivity contribution is -0.145. The molecule has 2 aromatic carbocycles. The van der Waals surface area contributed by atoms with Crippen molar-refractivity contribution in [2.24, 2.45) is 5.92 Å². The summed E-state index contributed by atoms with van der Waals surface area (Å²) in [6.45, 7) is 8.46. The van der Waals surface area contributed by atoms with E-state index < -0.39 is 35.5 Å². The van der Waals surface area contributed by atoms with Crippen LogP contribution in [0, 0.1) is 5.92 Å². The predicted molar refractivity (Wildman–Crippen MR) is 179 cm³/mol. The number of nitrogens with zero attached hydrogens (tertiary/aromatic N) is 1. The molecule has 4 N–H and O–H groups in total. The number of nitrogens with one attached hydrogen (secondary N) is 4. The first-order chi connectivity index (χ1) is 23.1. The summed E-state index contributed by atoms with van der Waals surface area (Å²) in [6, 6.07) is 14.1. The molecule has 12 heteroatoms. The maximum Gasteiger partial charge on any atom is 0.264 e. The van der Waals surface area contributed by atoms with Crippen LogP contribution in [0.15, 0.2) is 54.6 Å². The SMILES string of the molecule is CC(C)[C@H]1NC(=O)[C@@H](C)NC(=O)C2(CCN(C3CCOCC3)CC2)Oc2ccc(cc2)OCCNC(=O)[C@H](Cc2ccccc2)NC1=O. The second kappa shape index (κ2) is 16.3. The number of amides is 4. The van der Waals surface area contributed by atoms with Gasteiger partial charge in [-0.05, 0) is 55.5 Å². The number of rotatable bonds is 4. The fraction of sp³-hybridized carbons (Fsp3) is 0.556. The summed E-state index contributed by atoms with van der Waals surface area (Å²) in [6.07, 6.45) is 3.07. The van der Waals surface area contributed by atoms with Crippen LogP contribution in [0.4, 0.5) is 0 Å². The normalized spacial score (nSPS) is 25.3. The first kappa shape index (κ1) is 35.2. The van der Waals surface area contributed by atoms with Gasteiger partial charge in [0.1, 0.15) is 36.2 Å². The number of ether oxygens (including phenoxy) is 3. The Bertz CT molecular complexity index is 1390. The maximum atomic E-state index is 14.0. The molecule has 48 heavy (non-hydrogen) atoms. The number of carbonyl (C=O) groups is 4. The monoisotopic (exact) mass is 663 g/mol. The molecule has 2 saturated heterocycles. The van der Waals surface area contributed by atoms with Crippen molar-refractivity contribution in [3.05, 3.63) is 60.2 Å². The van der Waals surface area contributed by atoms with Crippen LogP contribution in [0.2, 0.25) is 0 Å². The summed E-state index contributed by atoms with van der Waals surface area (Å²) in [5.41, 5.74) is -0.316. The zero-order valence-corrected chi connectivity index (χ0v) is 28.2. The lowest BCUT2D eigenvalue weighted by Gasteiger charge is -2.44. The zero-order chi connectivity index (χ0) is 34.1. The molecular weight excluding hydrogens is 614 g/mol. The summed E-state index contributed by atoms with van der Waals surface area (Å²) in [4.78, 5) is 56.9. The number of fused-ring (bicyclic) bond motifs is 15. The Morgan fingerprint density at radius 1 is 0.812 bits per heavy atom. The summed E-state index contributed by atoms with van der Waals surface area (Å²) < 4.78 is 17.9. The molecule has 0 aromatic heterocycles. The van der Waals surface area contributed by atoms with Crippen LogP contribution in [0.3, 0.4) is 0 Å². The molecule has 4 heterocycles. The fourth-order valence-electron chi connectivity index (χ4n) is 6.50. The molecular formula is C36H49N5O7. The number of piperidine rings is 1. The average molecular weight is 664 g/mol. The number of carbonyl (C=O) groups excluding carboxylic acids is 4. The zero-order valence-electron chi connectivity index (χ0n) is 28.2. The van der Waals surface area contributed by atoms with Crippen LogP contribution in [0.5, 0.6) is 11.5 Å². The third-order valence-electron chi connectivity index (χ3n) is 9.44. The van der Waals surface area contributed by atoms with Gasteiger partial charge in [-0.25, -0.2) is 0 Å². The molecule has 3 atom stereocenters. The highest BCUT2D eigenvalue weighted by Gasteiger charge is 2.46. The third kappa shape index (κ3) is 9.04. The highest BCUT2D eigenvalue weighted by atomic mass is 16.5. The van der Waals surface area contributed by atoms with Crippen molar-refractivity contribution < 1.29 is 33.4 Å². The van der Waals surface area contributed by atoms with Crippen molar-refractivity contribution in [1.82, 2.24) is 26.2 Å². The van der Waals surface area contributed by atoms with Crippen molar-refractivity contribution in [2.45, 2.75) is 82.6 Å². The van der Waals surface area contributed by atoms with E-state index in [1.165, 1.54) is 0 Å². The van der Waals surface area contributed by atoms with Crippen molar-refractivity contribution in [3.8, 4) is 11.5 Å². The van der Waals surface area contributed by atoms with E-state index in [0.29, 0.717) is 43.5 Å². The molecule has 4 aliphatic rings. The van der Waals surface area contributed by atoms with E-state index in [9.17, 15) is 19.2 Å². The Morgan fingerprint density at radius 3 is 2.15 bits per heavy atom. The van der Waals surface area contributed by atoms with Gasteiger partial charge in [-0.2, -0.15) is 0 Å². The van der Waals surface area contributed by atoms with Crippen molar-refractivity contribution in [3.63, 3.8) is 0 Å². The molecule has 0 radical (unpaired) electrons. The fourth-order valence-corrected chi connectivity index (χ4v) is 6.50. The Morgan fingerprint density at radius 2 is 1.48 bits per heavy atom. The van der Waals surface area contributed by atoms with Gasteiger partial charge in [-0.1, -0.05) is 44.2 Å². The van der Waals surface area contributed by atoms with Gasteiger partial charge in [-0.3, -0.25) is 24.1 Å². The molecule has 2 fully saturated rings. The van der Waals surface area contributed by atoms with Crippen LogP contribution in [-0.4, -0.2) is 97.8 Å². The van der Waals surface area contributed by atoms with Gasteiger partial charge in [0.25, 0.3) is 5.91 Å². The van der Waals surface area contributed by atoms with Gasteiger partial charge >= 0.3 is 0 Å². The summed E-state index contributed by atoms with van der Waals surface area (Å²) >= 11 is 0. The molecule has 1 spiro atoms. The number of benzene rings is 2. The van der Waals surface area contributed by atoms with Crippen LogP contribution in [0.1, 0.15) is 52.0 Å². The van der Waals surface area contributed by atoms with Crippen molar-refractivity contribution >= 4 is 23.6 Å². The van der Waals surface area contributed by atoms with E-state index in [0.717, 1.165) is 31.6 Å². The van der Waals surface area contributed by atoms with Gasteiger partial charge in [0.2, 0.25) is 17.7 Å². The summed E-state index contributed by atoms with van der Waals surface area (Å²) in [5, 5.41) is 11.4. The van der Waals surface area contributed by atoms with E-state index in [1.54, 1.807) is 31.2 Å². The lowest BCUT2D eigenvalue weighted by atomic mass is 9.88. The van der Waals surface area contributed by atoms with Gasteiger partial charge < -0.3 is 35.5 Å². The van der Waals surface area contributed by atoms with Gasteiger partial charge in [0, 0.05) is 51.6 Å². The minimum atomic E-state index is -1.19. The van der Waals surface area contributed by atoms with Crippen LogP contribution in [-0.2, 0) is 30.3 Å². The number of likely N-dealkylation sites (tertiary alicyclic amines) is 1. The summed E-state index contributed by atoms with van der Waals surface area (Å²) in [7, 11) is 0. The number of hydrogen-bond acceptors (Lipinski definition) is 8. The third-order valence-corrected chi connectivity index (χ3v) is 9.44. The van der Waals surface area contributed by atoms with Crippen molar-refractivity contribution in [2.75, 3.05) is 39.5 Å². The molecule has 6 rings (SSSR count). The second-order valence-electron chi connectivity index (χ2n) is 13.3. The van der Waals surface area contributed by atoms with Gasteiger partial charge in [-0.15, -0.1) is 0 Å². The molecule has 2 aromatic rings. The first-order valence-corrected chi connectivity index (χ1v) is 17.1. The standard InChI is InChI=1S/C36H49N5O7/c1-24(2)31-34(44)39-30(23-26-7-5-4-6-8-26)33(43)37-17-22-47-28-9-11-29(12-10-28)48-36(35(45)38-25(3)32(42)40-31)15-18-41(19-16-36)27-13-20-46-21-14-27/h4-12,24-25,27,30-31H,13-23H2,1-3H3,(H,37,43)(H,38,45)(H,39,44)(H,40,42)/t25-,30+,31-/m1/s1. The molecule has 4 aliphatic heterocycles. The highest BCUT2D eigenvalue weighted by molar-refractivity contribution is 5.95. The Labute approximate surface area is 282 Å². The summed E-state index contributed by atoms with van der Waals surface area (Å²) in [5.74, 6) is -0.941. The second-order valence-corrected chi connectivity index (χ2v) is 13.3. The smallest absolute Gasteiger partial charge is 0.264 e. The van der Waals surface area contributed by atoms with Crippen molar-refractivity contribution in [1.29, 1.82) is 0 Å². The van der Waals surface area contributed by atoms with E-state index >= 15 is 0 Å². The molecule has 260 valence electrons. The minimum Gasteiger partial charge on any atom is -0.492 e. The minimum absolute atomic E-state index is 0.203. The van der Waals surface area contributed by atoms with Crippen LogP contribution < -0.4 is 30.7 Å². The van der Waals surface area contributed by atoms with Crippen LogP contribution >= 0.6 is 0 Å². The maximum absolute atomic E-state index is 14.0. The molecule has 0 unspecified atom stereocenters. The Balaban J connectivity index is 1.37. The molecule has 0 aliphatic carbocycles. The van der Waals surface area contributed by atoms with E-state index in [2.05, 4.69) is 26.2 Å². The molecule has 0 saturated carbocycles. The topological polar surface area (TPSA) is 147 Å². The Hall–Kier alpha value is -4.16. The average Bonchev–Trinajstić information content (AvgIpc) is 3.09. The highest BCUT2D eigenvalue weighted by Crippen LogP contribution is 2.32. The molecule has 2 bridgehead atoms. The van der Waals surface area contributed by atoms with E-state index in [4.69, 9.17) is 14.2 Å². The Kier molecular flexibility index (Phi) is 11.9. The van der Waals surface area contributed by atoms with E-state index in [-0.39, 0.29) is 37.3 Å². The van der Waals surface area contributed by atoms with Crippen LogP contribution in [0.25, 0.3) is 0 Å². The van der Waals surface area contributed by atoms with Gasteiger partial charge in [0.05, 0.1) is 6.54 Å². The number of hydrogen-bond donors (Lipinski definition) is 4. The van der Waals surface area contributed by atoms with Gasteiger partial charge in [0.15, 0.2) is 5.60 Å². The lowest BCUT2D eigenvalue weighted by Crippen LogP contribution is -2.62. The quantitative estimate of drug-likeness (QED) is 0.363. The van der Waals surface area contributed by atoms with E-state index in [1.807, 2.05) is 44.2 Å².